The van der Waals surface area contributed by atoms with E-state index in [9.17, 15) is 0 Å². The predicted molar refractivity (Wildman–Crippen MR) is 64.5 cm³/mol. The van der Waals surface area contributed by atoms with Crippen LogP contribution in [0.15, 0.2) is 0 Å². The normalized spacial score (nSPS) is 19.5. The number of ether oxygens (including phenoxy) is 3. The Balaban J connectivity index is 1.91. The fourth-order valence-electron chi connectivity index (χ4n) is 1.72. The van der Waals surface area contributed by atoms with Crippen molar-refractivity contribution < 1.29 is 14.2 Å². The molecular weight excluding hydrogens is 236 g/mol. The van der Waals surface area contributed by atoms with Crippen LogP contribution in [0.1, 0.15) is 26.2 Å². The molecule has 1 aliphatic rings. The van der Waals surface area contributed by atoms with Gasteiger partial charge in [-0.1, -0.05) is 0 Å². The first-order valence-corrected chi connectivity index (χ1v) is 6.16. The third kappa shape index (κ3) is 3.69. The van der Waals surface area contributed by atoms with Crippen LogP contribution in [0.2, 0.25) is 0 Å². The van der Waals surface area contributed by atoms with Crippen molar-refractivity contribution in [2.45, 2.75) is 32.3 Å². The summed E-state index contributed by atoms with van der Waals surface area (Å²) in [6.07, 6.45) is 3.38. The van der Waals surface area contributed by atoms with Gasteiger partial charge in [0, 0.05) is 6.61 Å². The second-order valence-electron chi connectivity index (χ2n) is 3.99. The molecule has 0 bridgehead atoms. The van der Waals surface area contributed by atoms with Crippen LogP contribution in [0.25, 0.3) is 0 Å². The maximum Gasteiger partial charge on any atom is 0.324 e. The lowest BCUT2D eigenvalue weighted by atomic mass is 10.1. The largest absolute Gasteiger partial charge is 0.464 e. The molecule has 1 fully saturated rings. The number of hydrogen-bond acceptors (Lipinski definition) is 7. The fourth-order valence-corrected chi connectivity index (χ4v) is 1.72. The number of nitrogens with zero attached hydrogens (tertiary/aromatic N) is 3. The van der Waals surface area contributed by atoms with E-state index < -0.39 is 0 Å². The molecule has 1 unspecified atom stereocenters. The first-order chi connectivity index (χ1) is 8.78. The second kappa shape index (κ2) is 6.34. The third-order valence-electron chi connectivity index (χ3n) is 2.56. The fraction of sp³-hybridized carbons (Fsp3) is 0.727. The van der Waals surface area contributed by atoms with E-state index in [2.05, 4.69) is 15.0 Å². The highest BCUT2D eigenvalue weighted by molar-refractivity contribution is 5.20. The Morgan fingerprint density at radius 2 is 2.00 bits per heavy atom. The number of hydrogen-bond donors (Lipinski definition) is 1. The monoisotopic (exact) mass is 254 g/mol. The molecule has 0 radical (unpaired) electrons. The van der Waals surface area contributed by atoms with Crippen molar-refractivity contribution in [3.05, 3.63) is 0 Å². The van der Waals surface area contributed by atoms with Gasteiger partial charge in [0.25, 0.3) is 0 Å². The lowest BCUT2D eigenvalue weighted by molar-refractivity contribution is -0.0130. The van der Waals surface area contributed by atoms with Crippen LogP contribution in [-0.2, 0) is 4.74 Å². The van der Waals surface area contributed by atoms with Crippen LogP contribution in [0.3, 0.4) is 0 Å². The zero-order chi connectivity index (χ0) is 12.8. The van der Waals surface area contributed by atoms with Crippen molar-refractivity contribution in [3.8, 4) is 12.0 Å². The molecule has 18 heavy (non-hydrogen) atoms. The topological polar surface area (TPSA) is 92.4 Å². The Labute approximate surface area is 106 Å². The van der Waals surface area contributed by atoms with E-state index in [4.69, 9.17) is 19.9 Å². The minimum Gasteiger partial charge on any atom is -0.464 e. The lowest BCUT2D eigenvalue weighted by Gasteiger charge is -2.21. The van der Waals surface area contributed by atoms with Crippen molar-refractivity contribution in [1.82, 2.24) is 15.0 Å². The second-order valence-corrected chi connectivity index (χ2v) is 3.99. The van der Waals surface area contributed by atoms with Gasteiger partial charge in [-0.3, -0.25) is 0 Å². The van der Waals surface area contributed by atoms with Gasteiger partial charge in [0.15, 0.2) is 0 Å². The highest BCUT2D eigenvalue weighted by Gasteiger charge is 2.15. The molecule has 100 valence electrons. The smallest absolute Gasteiger partial charge is 0.324 e. The molecule has 1 atom stereocenters. The summed E-state index contributed by atoms with van der Waals surface area (Å²) in [7, 11) is 0. The molecule has 7 nitrogen and oxygen atoms in total. The number of nitrogens with two attached hydrogens (primary N) is 1. The molecule has 1 saturated heterocycles. The molecule has 2 heterocycles. The van der Waals surface area contributed by atoms with Gasteiger partial charge >= 0.3 is 12.0 Å². The molecule has 2 N–H and O–H groups in total. The van der Waals surface area contributed by atoms with E-state index in [0.717, 1.165) is 25.9 Å². The summed E-state index contributed by atoms with van der Waals surface area (Å²) < 4.78 is 16.2. The van der Waals surface area contributed by atoms with Crippen LogP contribution < -0.4 is 15.2 Å². The van der Waals surface area contributed by atoms with Crippen molar-refractivity contribution in [3.63, 3.8) is 0 Å². The van der Waals surface area contributed by atoms with Crippen LogP contribution in [0.5, 0.6) is 12.0 Å². The van der Waals surface area contributed by atoms with Crippen LogP contribution >= 0.6 is 0 Å². The van der Waals surface area contributed by atoms with E-state index in [-0.39, 0.29) is 24.1 Å². The average Bonchev–Trinajstić information content (AvgIpc) is 2.37. The highest BCUT2D eigenvalue weighted by Crippen LogP contribution is 2.15. The molecule has 1 aromatic rings. The Morgan fingerprint density at radius 1 is 1.22 bits per heavy atom. The van der Waals surface area contributed by atoms with E-state index >= 15 is 0 Å². The van der Waals surface area contributed by atoms with E-state index in [0.29, 0.717) is 13.2 Å². The Kier molecular flexibility index (Phi) is 4.52. The van der Waals surface area contributed by atoms with Gasteiger partial charge in [0.05, 0.1) is 12.7 Å². The van der Waals surface area contributed by atoms with E-state index in [1.807, 2.05) is 6.92 Å². The SMILES string of the molecule is CCOc1nc(N)nc(OCC2CCCCO2)n1. The zero-order valence-electron chi connectivity index (χ0n) is 10.5. The minimum atomic E-state index is 0.0908. The van der Waals surface area contributed by atoms with Crippen LogP contribution in [0.4, 0.5) is 5.95 Å². The maximum atomic E-state index is 5.55. The Morgan fingerprint density at radius 3 is 2.67 bits per heavy atom. The van der Waals surface area contributed by atoms with E-state index in [1.165, 1.54) is 0 Å². The molecule has 0 saturated carbocycles. The van der Waals surface area contributed by atoms with Crippen molar-refractivity contribution in [2.24, 2.45) is 0 Å². The van der Waals surface area contributed by atoms with Gasteiger partial charge in [-0.2, -0.15) is 9.97 Å². The number of aromatic nitrogens is 3. The number of rotatable bonds is 5. The minimum absolute atomic E-state index is 0.0908. The number of anilines is 1. The zero-order valence-corrected chi connectivity index (χ0v) is 10.5. The van der Waals surface area contributed by atoms with Crippen molar-refractivity contribution in [2.75, 3.05) is 25.6 Å². The Bertz CT molecular complexity index is 383. The molecule has 2 rings (SSSR count). The summed E-state index contributed by atoms with van der Waals surface area (Å²) in [5.74, 6) is 0.0908. The molecule has 7 heteroatoms. The molecule has 1 aromatic heterocycles. The molecule has 0 aromatic carbocycles. The molecule has 0 amide bonds. The lowest BCUT2D eigenvalue weighted by Crippen LogP contribution is -2.26. The van der Waals surface area contributed by atoms with E-state index in [1.54, 1.807) is 0 Å². The van der Waals surface area contributed by atoms with Gasteiger partial charge in [-0.05, 0) is 26.2 Å². The van der Waals surface area contributed by atoms with Gasteiger partial charge in [-0.15, -0.1) is 4.98 Å². The standard InChI is InChI=1S/C11H18N4O3/c1-2-16-10-13-9(12)14-11(15-10)18-7-8-5-3-4-6-17-8/h8H,2-7H2,1H3,(H2,12,13,14,15). The molecular formula is C11H18N4O3. The first kappa shape index (κ1) is 12.8. The Hall–Kier alpha value is -1.63. The van der Waals surface area contributed by atoms with Gasteiger partial charge < -0.3 is 19.9 Å². The van der Waals surface area contributed by atoms with Gasteiger partial charge in [0.1, 0.15) is 6.61 Å². The van der Waals surface area contributed by atoms with Gasteiger partial charge in [0.2, 0.25) is 5.95 Å². The predicted octanol–water partition coefficient (Wildman–Crippen LogP) is 0.800. The summed E-state index contributed by atoms with van der Waals surface area (Å²) in [5, 5.41) is 0. The first-order valence-electron chi connectivity index (χ1n) is 6.16. The summed E-state index contributed by atoms with van der Waals surface area (Å²) in [6, 6.07) is 0.365. The van der Waals surface area contributed by atoms with Gasteiger partial charge in [-0.25, -0.2) is 0 Å². The maximum absolute atomic E-state index is 5.55. The van der Waals surface area contributed by atoms with Crippen LogP contribution in [0, 0.1) is 0 Å². The average molecular weight is 254 g/mol. The third-order valence-corrected chi connectivity index (χ3v) is 2.56. The summed E-state index contributed by atoms with van der Waals surface area (Å²) >= 11 is 0. The molecule has 0 aliphatic carbocycles. The quantitative estimate of drug-likeness (QED) is 0.830. The summed E-state index contributed by atoms with van der Waals surface area (Å²) in [4.78, 5) is 11.7. The number of nitrogen functional groups attached to an aromatic ring is 1. The molecule has 0 spiro atoms. The van der Waals surface area contributed by atoms with Crippen molar-refractivity contribution in [1.29, 1.82) is 0 Å². The summed E-state index contributed by atoms with van der Waals surface area (Å²) in [6.45, 7) is 3.53. The highest BCUT2D eigenvalue weighted by atomic mass is 16.5. The summed E-state index contributed by atoms with van der Waals surface area (Å²) in [5.41, 5.74) is 5.54. The molecule has 1 aliphatic heterocycles. The van der Waals surface area contributed by atoms with Crippen molar-refractivity contribution >= 4 is 5.95 Å². The van der Waals surface area contributed by atoms with Crippen LogP contribution in [-0.4, -0.2) is 40.9 Å².